The fraction of sp³-hybridized carbons (Fsp3) is 0.500. The summed E-state index contributed by atoms with van der Waals surface area (Å²) in [5.74, 6) is 0.0770. The van der Waals surface area contributed by atoms with Gasteiger partial charge < -0.3 is 5.32 Å². The molecule has 3 nitrogen and oxygen atoms in total. The quantitative estimate of drug-likeness (QED) is 0.821. The maximum Gasteiger partial charge on any atom is 0.220 e. The predicted octanol–water partition coefficient (Wildman–Crippen LogP) is 1.93. The Morgan fingerprint density at radius 3 is 2.67 bits per heavy atom. The highest BCUT2D eigenvalue weighted by molar-refractivity contribution is 5.76. The van der Waals surface area contributed by atoms with Gasteiger partial charge in [0.05, 0.1) is 0 Å². The zero-order valence-electron chi connectivity index (χ0n) is 9.58. The molecule has 1 heterocycles. The van der Waals surface area contributed by atoms with Gasteiger partial charge in [0.2, 0.25) is 5.91 Å². The third-order valence-corrected chi connectivity index (χ3v) is 1.85. The first-order chi connectivity index (χ1) is 6.97. The van der Waals surface area contributed by atoms with E-state index in [2.05, 4.69) is 10.3 Å². The van der Waals surface area contributed by atoms with Crippen LogP contribution in [-0.4, -0.2) is 16.4 Å². The van der Waals surface area contributed by atoms with E-state index in [4.69, 9.17) is 0 Å². The number of hydrogen-bond donors (Lipinski definition) is 1. The van der Waals surface area contributed by atoms with Crippen LogP contribution in [-0.2, 0) is 11.2 Å². The summed E-state index contributed by atoms with van der Waals surface area (Å²) in [4.78, 5) is 15.7. The van der Waals surface area contributed by atoms with Gasteiger partial charge in [-0.2, -0.15) is 0 Å². The molecule has 0 aliphatic rings. The molecule has 3 heteroatoms. The molecule has 0 atom stereocenters. The third-order valence-electron chi connectivity index (χ3n) is 1.85. The Balaban J connectivity index is 2.35. The number of nitrogens with one attached hydrogen (secondary N) is 1. The summed E-state index contributed by atoms with van der Waals surface area (Å²) in [6.07, 6.45) is 2.94. The van der Waals surface area contributed by atoms with Crippen molar-refractivity contribution in [2.75, 3.05) is 0 Å². The van der Waals surface area contributed by atoms with Crippen LogP contribution in [0.15, 0.2) is 24.4 Å². The highest BCUT2D eigenvalue weighted by Crippen LogP contribution is 2.02. The summed E-state index contributed by atoms with van der Waals surface area (Å²) in [7, 11) is 0. The van der Waals surface area contributed by atoms with Crippen molar-refractivity contribution < 1.29 is 4.79 Å². The van der Waals surface area contributed by atoms with Crippen molar-refractivity contribution in [2.45, 2.75) is 39.2 Å². The predicted molar refractivity (Wildman–Crippen MR) is 60.5 cm³/mol. The number of carbonyl (C=O) groups excluding carboxylic acids is 1. The lowest BCUT2D eigenvalue weighted by Gasteiger charge is -2.20. The number of rotatable bonds is 3. The molecule has 0 aliphatic heterocycles. The monoisotopic (exact) mass is 206 g/mol. The maximum absolute atomic E-state index is 11.5. The van der Waals surface area contributed by atoms with E-state index in [1.165, 1.54) is 0 Å². The molecule has 0 unspecified atom stereocenters. The number of pyridine rings is 1. The van der Waals surface area contributed by atoms with Gasteiger partial charge in [0.25, 0.3) is 0 Å². The van der Waals surface area contributed by atoms with E-state index in [1.54, 1.807) is 6.20 Å². The van der Waals surface area contributed by atoms with Crippen molar-refractivity contribution in [3.8, 4) is 0 Å². The van der Waals surface area contributed by atoms with Gasteiger partial charge in [0.1, 0.15) is 0 Å². The second-order valence-electron chi connectivity index (χ2n) is 4.62. The Kier molecular flexibility index (Phi) is 3.83. The molecule has 0 spiro atoms. The molecule has 1 N–H and O–H groups in total. The van der Waals surface area contributed by atoms with Crippen molar-refractivity contribution in [1.82, 2.24) is 10.3 Å². The van der Waals surface area contributed by atoms with Crippen LogP contribution in [0, 0.1) is 0 Å². The number of nitrogens with zero attached hydrogens (tertiary/aromatic N) is 1. The van der Waals surface area contributed by atoms with E-state index >= 15 is 0 Å². The molecule has 1 aromatic heterocycles. The van der Waals surface area contributed by atoms with Crippen molar-refractivity contribution in [3.05, 3.63) is 30.1 Å². The molecule has 0 radical (unpaired) electrons. The van der Waals surface area contributed by atoms with Crippen molar-refractivity contribution in [1.29, 1.82) is 0 Å². The summed E-state index contributed by atoms with van der Waals surface area (Å²) in [6.45, 7) is 5.93. The molecule has 0 aromatic carbocycles. The minimum absolute atomic E-state index is 0.0770. The summed E-state index contributed by atoms with van der Waals surface area (Å²) < 4.78 is 0. The van der Waals surface area contributed by atoms with Crippen LogP contribution in [0.2, 0.25) is 0 Å². The SMILES string of the molecule is CC(C)(C)NC(=O)CCc1ccccn1. The zero-order chi connectivity index (χ0) is 11.3. The van der Waals surface area contributed by atoms with Crippen LogP contribution >= 0.6 is 0 Å². The Morgan fingerprint density at radius 1 is 1.40 bits per heavy atom. The lowest BCUT2D eigenvalue weighted by Crippen LogP contribution is -2.40. The van der Waals surface area contributed by atoms with Crippen LogP contribution in [0.5, 0.6) is 0 Å². The van der Waals surface area contributed by atoms with E-state index in [0.717, 1.165) is 5.69 Å². The molecule has 0 aliphatic carbocycles. The molecule has 0 fully saturated rings. The van der Waals surface area contributed by atoms with Crippen LogP contribution in [0.4, 0.5) is 0 Å². The van der Waals surface area contributed by atoms with Gasteiger partial charge >= 0.3 is 0 Å². The standard InChI is InChI=1S/C12H18N2O/c1-12(2,3)14-11(15)8-7-10-6-4-5-9-13-10/h4-6,9H,7-8H2,1-3H3,(H,14,15). The molecule has 82 valence electrons. The normalized spacial score (nSPS) is 11.1. The molecular weight excluding hydrogens is 188 g/mol. The number of hydrogen-bond acceptors (Lipinski definition) is 2. The number of aryl methyl sites for hydroxylation is 1. The van der Waals surface area contributed by atoms with Gasteiger partial charge in [-0.3, -0.25) is 9.78 Å². The largest absolute Gasteiger partial charge is 0.351 e. The molecule has 1 aromatic rings. The molecule has 1 amide bonds. The van der Waals surface area contributed by atoms with Crippen LogP contribution in [0.25, 0.3) is 0 Å². The molecule has 1 rings (SSSR count). The first kappa shape index (κ1) is 11.7. The van der Waals surface area contributed by atoms with Crippen LogP contribution < -0.4 is 5.32 Å². The first-order valence-electron chi connectivity index (χ1n) is 5.18. The Morgan fingerprint density at radius 2 is 2.13 bits per heavy atom. The van der Waals surface area contributed by atoms with Gasteiger partial charge in [-0.15, -0.1) is 0 Å². The van der Waals surface area contributed by atoms with E-state index < -0.39 is 0 Å². The van der Waals surface area contributed by atoms with Gasteiger partial charge in [-0.1, -0.05) is 6.07 Å². The molecule has 0 saturated carbocycles. The summed E-state index contributed by atoms with van der Waals surface area (Å²) >= 11 is 0. The third kappa shape index (κ3) is 5.15. The Hall–Kier alpha value is -1.38. The second kappa shape index (κ2) is 4.91. The average Bonchev–Trinajstić information content (AvgIpc) is 2.14. The maximum atomic E-state index is 11.5. The summed E-state index contributed by atoms with van der Waals surface area (Å²) in [5, 5.41) is 2.92. The minimum Gasteiger partial charge on any atom is -0.351 e. The van der Waals surface area contributed by atoms with E-state index in [1.807, 2.05) is 39.0 Å². The van der Waals surface area contributed by atoms with Crippen molar-refractivity contribution in [2.24, 2.45) is 0 Å². The van der Waals surface area contributed by atoms with Crippen molar-refractivity contribution >= 4 is 5.91 Å². The number of amides is 1. The number of carbonyl (C=O) groups is 1. The average molecular weight is 206 g/mol. The molecular formula is C12H18N2O. The fourth-order valence-corrected chi connectivity index (χ4v) is 1.27. The Labute approximate surface area is 90.9 Å². The summed E-state index contributed by atoms with van der Waals surface area (Å²) in [6, 6.07) is 5.74. The second-order valence-corrected chi connectivity index (χ2v) is 4.62. The fourth-order valence-electron chi connectivity index (χ4n) is 1.27. The summed E-state index contributed by atoms with van der Waals surface area (Å²) in [5.41, 5.74) is 0.808. The highest BCUT2D eigenvalue weighted by Gasteiger charge is 2.13. The molecule has 0 bridgehead atoms. The van der Waals surface area contributed by atoms with Gasteiger partial charge in [-0.05, 0) is 39.3 Å². The zero-order valence-corrected chi connectivity index (χ0v) is 9.58. The van der Waals surface area contributed by atoms with E-state index in [0.29, 0.717) is 12.8 Å². The molecule has 15 heavy (non-hydrogen) atoms. The number of aromatic nitrogens is 1. The van der Waals surface area contributed by atoms with E-state index in [-0.39, 0.29) is 11.4 Å². The van der Waals surface area contributed by atoms with Crippen molar-refractivity contribution in [3.63, 3.8) is 0 Å². The minimum atomic E-state index is -0.152. The lowest BCUT2D eigenvalue weighted by atomic mass is 10.1. The van der Waals surface area contributed by atoms with Gasteiger partial charge in [0, 0.05) is 23.9 Å². The smallest absolute Gasteiger partial charge is 0.220 e. The highest BCUT2D eigenvalue weighted by atomic mass is 16.1. The van der Waals surface area contributed by atoms with Gasteiger partial charge in [0.15, 0.2) is 0 Å². The lowest BCUT2D eigenvalue weighted by molar-refractivity contribution is -0.122. The van der Waals surface area contributed by atoms with Crippen LogP contribution in [0.1, 0.15) is 32.9 Å². The van der Waals surface area contributed by atoms with Gasteiger partial charge in [-0.25, -0.2) is 0 Å². The van der Waals surface area contributed by atoms with Crippen LogP contribution in [0.3, 0.4) is 0 Å². The van der Waals surface area contributed by atoms with E-state index in [9.17, 15) is 4.79 Å². The topological polar surface area (TPSA) is 42.0 Å². The first-order valence-corrected chi connectivity index (χ1v) is 5.18. The Bertz CT molecular complexity index is 314. The molecule has 0 saturated heterocycles.